The molecule has 2 amide bonds. The molecular formula is C21H23N5O3. The van der Waals surface area contributed by atoms with Gasteiger partial charge < -0.3 is 21.5 Å². The van der Waals surface area contributed by atoms with Crippen LogP contribution in [0.3, 0.4) is 0 Å². The predicted octanol–water partition coefficient (Wildman–Crippen LogP) is 1.39. The molecule has 8 nitrogen and oxygen atoms in total. The van der Waals surface area contributed by atoms with Gasteiger partial charge in [0.25, 0.3) is 5.91 Å². The van der Waals surface area contributed by atoms with E-state index in [4.69, 9.17) is 5.73 Å². The maximum atomic E-state index is 12.8. The molecule has 0 saturated carbocycles. The van der Waals surface area contributed by atoms with Gasteiger partial charge in [0.2, 0.25) is 5.91 Å². The number of nitrogens with two attached hydrogens (primary N) is 1. The van der Waals surface area contributed by atoms with Gasteiger partial charge in [-0.05, 0) is 36.8 Å². The highest BCUT2D eigenvalue weighted by atomic mass is 16.3. The highest BCUT2D eigenvalue weighted by molar-refractivity contribution is 5.93. The summed E-state index contributed by atoms with van der Waals surface area (Å²) >= 11 is 0. The number of benzene rings is 2. The Balaban J connectivity index is 1.79. The van der Waals surface area contributed by atoms with Gasteiger partial charge in [-0.2, -0.15) is 5.10 Å². The van der Waals surface area contributed by atoms with Crippen molar-refractivity contribution in [2.45, 2.75) is 20.0 Å². The van der Waals surface area contributed by atoms with E-state index in [1.807, 2.05) is 31.2 Å². The van der Waals surface area contributed by atoms with E-state index in [2.05, 4.69) is 15.7 Å². The summed E-state index contributed by atoms with van der Waals surface area (Å²) in [6.07, 6.45) is 0. The lowest BCUT2D eigenvalue weighted by Gasteiger charge is -2.11. The lowest BCUT2D eigenvalue weighted by atomic mass is 10.2. The van der Waals surface area contributed by atoms with E-state index in [1.165, 1.54) is 0 Å². The second-order valence-corrected chi connectivity index (χ2v) is 6.54. The maximum Gasteiger partial charge on any atom is 0.270 e. The summed E-state index contributed by atoms with van der Waals surface area (Å²) in [6, 6.07) is 15.9. The zero-order chi connectivity index (χ0) is 20.8. The topological polar surface area (TPSA) is 122 Å². The SMILES string of the molecule is Cc1cc(C(=O)NCc2ccccc2O)n(-c2cccc(CNC(=O)CN)c2)n1. The molecule has 3 rings (SSSR count). The lowest BCUT2D eigenvalue weighted by Crippen LogP contribution is -2.29. The third-order valence-electron chi connectivity index (χ3n) is 4.33. The molecule has 0 unspecified atom stereocenters. The molecule has 29 heavy (non-hydrogen) atoms. The number of phenols is 1. The number of hydrogen-bond acceptors (Lipinski definition) is 5. The Morgan fingerprint density at radius 2 is 1.86 bits per heavy atom. The Bertz CT molecular complexity index is 1030. The smallest absolute Gasteiger partial charge is 0.270 e. The molecular weight excluding hydrogens is 370 g/mol. The fourth-order valence-corrected chi connectivity index (χ4v) is 2.86. The van der Waals surface area contributed by atoms with Gasteiger partial charge in [-0.3, -0.25) is 9.59 Å². The normalized spacial score (nSPS) is 10.6. The Labute approximate surface area is 168 Å². The van der Waals surface area contributed by atoms with Crippen LogP contribution in [-0.2, 0) is 17.9 Å². The van der Waals surface area contributed by atoms with Gasteiger partial charge in [0, 0.05) is 18.7 Å². The number of carbonyl (C=O) groups excluding carboxylic acids is 2. The number of para-hydroxylation sites is 1. The third-order valence-corrected chi connectivity index (χ3v) is 4.33. The molecule has 1 heterocycles. The molecule has 0 saturated heterocycles. The molecule has 0 aliphatic heterocycles. The van der Waals surface area contributed by atoms with Crippen molar-refractivity contribution in [3.05, 3.63) is 77.1 Å². The van der Waals surface area contributed by atoms with Crippen LogP contribution in [0.25, 0.3) is 5.69 Å². The Morgan fingerprint density at radius 3 is 2.62 bits per heavy atom. The van der Waals surface area contributed by atoms with Crippen LogP contribution in [0.4, 0.5) is 0 Å². The summed E-state index contributed by atoms with van der Waals surface area (Å²) in [5.74, 6) is -0.421. The molecule has 5 N–H and O–H groups in total. The molecule has 0 atom stereocenters. The fraction of sp³-hybridized carbons (Fsp3) is 0.190. The highest BCUT2D eigenvalue weighted by Crippen LogP contribution is 2.17. The van der Waals surface area contributed by atoms with Gasteiger partial charge in [0.15, 0.2) is 0 Å². The van der Waals surface area contributed by atoms with Crippen molar-refractivity contribution in [3.8, 4) is 11.4 Å². The Hall–Kier alpha value is -3.65. The van der Waals surface area contributed by atoms with Crippen molar-refractivity contribution in [1.82, 2.24) is 20.4 Å². The van der Waals surface area contributed by atoms with Crippen molar-refractivity contribution in [2.75, 3.05) is 6.54 Å². The number of nitrogens with zero attached hydrogens (tertiary/aromatic N) is 2. The summed E-state index contributed by atoms with van der Waals surface area (Å²) < 4.78 is 1.56. The van der Waals surface area contributed by atoms with Crippen LogP contribution in [0.5, 0.6) is 5.75 Å². The average Bonchev–Trinajstić information content (AvgIpc) is 3.13. The van der Waals surface area contributed by atoms with Gasteiger partial charge >= 0.3 is 0 Å². The first-order valence-corrected chi connectivity index (χ1v) is 9.15. The molecule has 0 bridgehead atoms. The largest absolute Gasteiger partial charge is 0.508 e. The number of rotatable bonds is 7. The van der Waals surface area contributed by atoms with E-state index in [9.17, 15) is 14.7 Å². The van der Waals surface area contributed by atoms with E-state index in [0.29, 0.717) is 29.2 Å². The summed E-state index contributed by atoms with van der Waals surface area (Å²) in [7, 11) is 0. The molecule has 0 radical (unpaired) electrons. The summed E-state index contributed by atoms with van der Waals surface area (Å²) in [5.41, 5.74) is 8.56. The third kappa shape index (κ3) is 4.99. The molecule has 2 aromatic carbocycles. The van der Waals surface area contributed by atoms with Crippen LogP contribution < -0.4 is 16.4 Å². The van der Waals surface area contributed by atoms with Gasteiger partial charge in [0.05, 0.1) is 17.9 Å². The van der Waals surface area contributed by atoms with E-state index >= 15 is 0 Å². The van der Waals surface area contributed by atoms with Crippen LogP contribution in [0.2, 0.25) is 0 Å². The van der Waals surface area contributed by atoms with Gasteiger partial charge in [0.1, 0.15) is 11.4 Å². The number of aryl methyl sites for hydroxylation is 1. The quantitative estimate of drug-likeness (QED) is 0.483. The maximum absolute atomic E-state index is 12.8. The van der Waals surface area contributed by atoms with E-state index in [-0.39, 0.29) is 30.7 Å². The number of amides is 2. The standard InChI is InChI=1S/C21H23N5O3/c1-14-9-18(21(29)24-13-16-6-2-3-8-19(16)27)26(25-14)17-7-4-5-15(10-17)12-23-20(28)11-22/h2-10,27H,11-13,22H2,1H3,(H,23,28)(H,24,29). The summed E-state index contributed by atoms with van der Waals surface area (Å²) in [4.78, 5) is 24.1. The van der Waals surface area contributed by atoms with Crippen molar-refractivity contribution in [1.29, 1.82) is 0 Å². The number of hydrogen-bond donors (Lipinski definition) is 4. The summed E-state index contributed by atoms with van der Waals surface area (Å²) in [5, 5.41) is 19.8. The monoisotopic (exact) mass is 393 g/mol. The Morgan fingerprint density at radius 1 is 1.07 bits per heavy atom. The first-order chi connectivity index (χ1) is 14.0. The van der Waals surface area contributed by atoms with Gasteiger partial charge in [-0.1, -0.05) is 30.3 Å². The average molecular weight is 393 g/mol. The van der Waals surface area contributed by atoms with Crippen LogP contribution in [0.1, 0.15) is 27.3 Å². The zero-order valence-electron chi connectivity index (χ0n) is 16.1. The predicted molar refractivity (Wildman–Crippen MR) is 108 cm³/mol. The molecule has 3 aromatic rings. The molecule has 150 valence electrons. The van der Waals surface area contributed by atoms with E-state index in [0.717, 1.165) is 5.56 Å². The Kier molecular flexibility index (Phi) is 6.25. The van der Waals surface area contributed by atoms with Crippen LogP contribution in [0, 0.1) is 6.92 Å². The lowest BCUT2D eigenvalue weighted by molar-refractivity contribution is -0.119. The number of carbonyl (C=O) groups is 2. The van der Waals surface area contributed by atoms with Gasteiger partial charge in [-0.15, -0.1) is 0 Å². The van der Waals surface area contributed by atoms with E-state index in [1.54, 1.807) is 35.0 Å². The summed E-state index contributed by atoms with van der Waals surface area (Å²) in [6.45, 7) is 2.26. The molecule has 0 aliphatic carbocycles. The van der Waals surface area contributed by atoms with Crippen LogP contribution >= 0.6 is 0 Å². The molecule has 0 aliphatic rings. The highest BCUT2D eigenvalue weighted by Gasteiger charge is 2.16. The second-order valence-electron chi connectivity index (χ2n) is 6.54. The van der Waals surface area contributed by atoms with Crippen molar-refractivity contribution in [2.24, 2.45) is 5.73 Å². The van der Waals surface area contributed by atoms with Gasteiger partial charge in [-0.25, -0.2) is 4.68 Å². The molecule has 1 aromatic heterocycles. The number of nitrogens with one attached hydrogen (secondary N) is 2. The molecule has 8 heteroatoms. The second kappa shape index (κ2) is 9.03. The minimum Gasteiger partial charge on any atom is -0.508 e. The van der Waals surface area contributed by atoms with Crippen LogP contribution in [-0.4, -0.2) is 33.2 Å². The fourth-order valence-electron chi connectivity index (χ4n) is 2.86. The minimum atomic E-state index is -0.310. The van der Waals surface area contributed by atoms with Crippen molar-refractivity contribution >= 4 is 11.8 Å². The number of aromatic nitrogens is 2. The van der Waals surface area contributed by atoms with Crippen LogP contribution in [0.15, 0.2) is 54.6 Å². The first-order valence-electron chi connectivity index (χ1n) is 9.15. The molecule has 0 fully saturated rings. The number of aromatic hydroxyl groups is 1. The van der Waals surface area contributed by atoms with Crippen molar-refractivity contribution in [3.63, 3.8) is 0 Å². The molecule has 0 spiro atoms. The van der Waals surface area contributed by atoms with E-state index < -0.39 is 0 Å². The van der Waals surface area contributed by atoms with Crippen molar-refractivity contribution < 1.29 is 14.7 Å². The first kappa shape index (κ1) is 20.1. The zero-order valence-corrected chi connectivity index (χ0v) is 16.1. The minimum absolute atomic E-state index is 0.0701. The number of phenolic OH excluding ortho intramolecular Hbond substituents is 1.